The average Bonchev–Trinajstić information content (AvgIpc) is 2.60. The lowest BCUT2D eigenvalue weighted by molar-refractivity contribution is 0.331. The van der Waals surface area contributed by atoms with Crippen LogP contribution in [0.4, 0.5) is 0 Å². The van der Waals surface area contributed by atoms with E-state index in [1.165, 1.54) is 5.57 Å². The van der Waals surface area contributed by atoms with Gasteiger partial charge in [-0.15, -0.1) is 0 Å². The van der Waals surface area contributed by atoms with Crippen molar-refractivity contribution in [1.29, 1.82) is 0 Å². The summed E-state index contributed by atoms with van der Waals surface area (Å²) in [5.41, 5.74) is 4.41. The first-order valence-corrected chi connectivity index (χ1v) is 5.68. The lowest BCUT2D eigenvalue weighted by Gasteiger charge is -2.35. The molecule has 0 aliphatic heterocycles. The molecule has 0 fully saturated rings. The maximum Gasteiger partial charge on any atom is 0.144 e. The Bertz CT molecular complexity index is 507. The molecule has 0 saturated carbocycles. The van der Waals surface area contributed by atoms with Gasteiger partial charge in [-0.05, 0) is 30.4 Å². The molecule has 2 atom stereocenters. The molecular formula is C14H15NO. The van der Waals surface area contributed by atoms with Gasteiger partial charge < -0.3 is 4.52 Å². The van der Waals surface area contributed by atoms with Gasteiger partial charge in [0.1, 0.15) is 5.76 Å². The minimum Gasteiger partial charge on any atom is -0.360 e. The van der Waals surface area contributed by atoms with Crippen molar-refractivity contribution < 1.29 is 4.52 Å². The van der Waals surface area contributed by atoms with Crippen molar-refractivity contribution in [3.63, 3.8) is 0 Å². The van der Waals surface area contributed by atoms with Crippen LogP contribution in [-0.2, 0) is 6.42 Å². The third-order valence-electron chi connectivity index (χ3n) is 3.72. The zero-order valence-electron chi connectivity index (χ0n) is 9.49. The molecule has 82 valence electrons. The van der Waals surface area contributed by atoms with Crippen molar-refractivity contribution in [1.82, 2.24) is 5.16 Å². The summed E-state index contributed by atoms with van der Waals surface area (Å²) in [6.45, 7) is 10.3. The fourth-order valence-electron chi connectivity index (χ4n) is 3.01. The van der Waals surface area contributed by atoms with Gasteiger partial charge in [-0.3, -0.25) is 0 Å². The quantitative estimate of drug-likeness (QED) is 0.661. The maximum atomic E-state index is 5.38. The number of aryl methyl sites for hydroxylation is 1. The van der Waals surface area contributed by atoms with Crippen molar-refractivity contribution in [3.05, 3.63) is 47.9 Å². The van der Waals surface area contributed by atoms with Crippen LogP contribution < -0.4 is 0 Å². The summed E-state index contributed by atoms with van der Waals surface area (Å²) in [5, 5.41) is 4.05. The van der Waals surface area contributed by atoms with Crippen LogP contribution in [0.25, 0.3) is 5.57 Å². The van der Waals surface area contributed by atoms with Gasteiger partial charge in [-0.1, -0.05) is 30.5 Å². The minimum absolute atomic E-state index is 0.385. The predicted molar refractivity (Wildman–Crippen MR) is 63.9 cm³/mol. The van der Waals surface area contributed by atoms with Crippen LogP contribution >= 0.6 is 0 Å². The summed E-state index contributed by atoms with van der Waals surface area (Å²) in [6.07, 6.45) is 6.37. The number of aromatic nitrogens is 1. The second-order valence-corrected chi connectivity index (χ2v) is 4.75. The standard InChI is InChI=1S/C14H15NO/c1-8-5-4-6-11-7-12-14(9(2)13(8)11)10(3)15-16-12/h4-5,11,13H,1-2,6-7H2,3H3. The number of hydrogen-bond donors (Lipinski definition) is 0. The molecule has 2 aliphatic carbocycles. The zero-order valence-corrected chi connectivity index (χ0v) is 9.49. The van der Waals surface area contributed by atoms with Crippen molar-refractivity contribution in [3.8, 4) is 0 Å². The van der Waals surface area contributed by atoms with Crippen molar-refractivity contribution in [2.24, 2.45) is 11.8 Å². The number of hydrogen-bond acceptors (Lipinski definition) is 2. The lowest BCUT2D eigenvalue weighted by atomic mass is 9.68. The van der Waals surface area contributed by atoms with E-state index in [1.807, 2.05) is 6.92 Å². The molecule has 0 bridgehead atoms. The third kappa shape index (κ3) is 1.16. The van der Waals surface area contributed by atoms with E-state index >= 15 is 0 Å². The van der Waals surface area contributed by atoms with E-state index in [4.69, 9.17) is 4.52 Å². The van der Waals surface area contributed by atoms with Gasteiger partial charge >= 0.3 is 0 Å². The van der Waals surface area contributed by atoms with Gasteiger partial charge in [0.25, 0.3) is 0 Å². The van der Waals surface area contributed by atoms with Crippen LogP contribution in [0.2, 0.25) is 0 Å². The largest absolute Gasteiger partial charge is 0.360 e. The molecule has 2 nitrogen and oxygen atoms in total. The normalized spacial score (nSPS) is 27.8. The highest BCUT2D eigenvalue weighted by Gasteiger charge is 2.36. The third-order valence-corrected chi connectivity index (χ3v) is 3.72. The molecule has 2 unspecified atom stereocenters. The summed E-state index contributed by atoms with van der Waals surface area (Å²) in [6, 6.07) is 0. The predicted octanol–water partition coefficient (Wildman–Crippen LogP) is 3.30. The van der Waals surface area contributed by atoms with Crippen molar-refractivity contribution in [2.75, 3.05) is 0 Å². The first-order valence-electron chi connectivity index (χ1n) is 5.68. The van der Waals surface area contributed by atoms with Crippen LogP contribution in [0.1, 0.15) is 23.4 Å². The van der Waals surface area contributed by atoms with E-state index in [0.717, 1.165) is 35.4 Å². The molecule has 1 aromatic heterocycles. The fraction of sp³-hybridized carbons (Fsp3) is 0.357. The van der Waals surface area contributed by atoms with Gasteiger partial charge in [0.05, 0.1) is 5.69 Å². The molecule has 0 radical (unpaired) electrons. The second kappa shape index (κ2) is 3.21. The highest BCUT2D eigenvalue weighted by atomic mass is 16.5. The minimum atomic E-state index is 0.385. The first kappa shape index (κ1) is 9.64. The Morgan fingerprint density at radius 3 is 3.06 bits per heavy atom. The van der Waals surface area contributed by atoms with E-state index < -0.39 is 0 Å². The number of allylic oxidation sites excluding steroid dienone is 4. The molecule has 0 aromatic carbocycles. The van der Waals surface area contributed by atoms with E-state index in [0.29, 0.717) is 11.8 Å². The van der Waals surface area contributed by atoms with E-state index in [2.05, 4.69) is 30.5 Å². The SMILES string of the molecule is C=C1C=CCC2Cc3onc(C)c3C(=C)C12. The van der Waals surface area contributed by atoms with Crippen molar-refractivity contribution in [2.45, 2.75) is 19.8 Å². The van der Waals surface area contributed by atoms with Gasteiger partial charge in [0, 0.05) is 17.9 Å². The van der Waals surface area contributed by atoms with Crippen molar-refractivity contribution >= 4 is 5.57 Å². The van der Waals surface area contributed by atoms with Crippen LogP contribution in [0.15, 0.2) is 35.4 Å². The topological polar surface area (TPSA) is 26.0 Å². The Morgan fingerprint density at radius 2 is 2.25 bits per heavy atom. The smallest absolute Gasteiger partial charge is 0.144 e. The van der Waals surface area contributed by atoms with Crippen LogP contribution in [0, 0.1) is 18.8 Å². The fourth-order valence-corrected chi connectivity index (χ4v) is 3.01. The molecule has 0 saturated heterocycles. The van der Waals surface area contributed by atoms with E-state index in [9.17, 15) is 0 Å². The summed E-state index contributed by atoms with van der Waals surface area (Å²) < 4.78 is 5.38. The molecule has 1 aromatic rings. The number of fused-ring (bicyclic) bond motifs is 2. The average molecular weight is 213 g/mol. The van der Waals surface area contributed by atoms with Gasteiger partial charge in [0.2, 0.25) is 0 Å². The maximum absolute atomic E-state index is 5.38. The Hall–Kier alpha value is -1.57. The summed E-state index contributed by atoms with van der Waals surface area (Å²) in [5.74, 6) is 1.95. The summed E-state index contributed by atoms with van der Waals surface area (Å²) in [7, 11) is 0. The zero-order chi connectivity index (χ0) is 11.3. The van der Waals surface area contributed by atoms with Gasteiger partial charge in [-0.25, -0.2) is 0 Å². The molecule has 0 spiro atoms. The molecule has 3 rings (SSSR count). The second-order valence-electron chi connectivity index (χ2n) is 4.75. The van der Waals surface area contributed by atoms with Crippen LogP contribution in [0.5, 0.6) is 0 Å². The monoisotopic (exact) mass is 213 g/mol. The Morgan fingerprint density at radius 1 is 1.44 bits per heavy atom. The lowest BCUT2D eigenvalue weighted by Crippen LogP contribution is -2.26. The molecular weight excluding hydrogens is 198 g/mol. The molecule has 0 N–H and O–H groups in total. The van der Waals surface area contributed by atoms with Gasteiger partial charge in [0.15, 0.2) is 0 Å². The van der Waals surface area contributed by atoms with E-state index in [-0.39, 0.29) is 0 Å². The molecule has 2 aliphatic rings. The summed E-state index contributed by atoms with van der Waals surface area (Å²) >= 11 is 0. The molecule has 0 amide bonds. The number of rotatable bonds is 0. The highest BCUT2D eigenvalue weighted by molar-refractivity contribution is 5.73. The Labute approximate surface area is 95.3 Å². The molecule has 16 heavy (non-hydrogen) atoms. The van der Waals surface area contributed by atoms with Crippen LogP contribution in [-0.4, -0.2) is 5.16 Å². The van der Waals surface area contributed by atoms with E-state index in [1.54, 1.807) is 0 Å². The Balaban J connectivity index is 2.12. The highest BCUT2D eigenvalue weighted by Crippen LogP contribution is 2.46. The first-order chi connectivity index (χ1) is 7.68. The summed E-state index contributed by atoms with van der Waals surface area (Å²) in [4.78, 5) is 0. The molecule has 1 heterocycles. The van der Waals surface area contributed by atoms with Crippen LogP contribution in [0.3, 0.4) is 0 Å². The molecule has 2 heteroatoms. The number of nitrogens with zero attached hydrogens (tertiary/aromatic N) is 1. The van der Waals surface area contributed by atoms with Gasteiger partial charge in [-0.2, -0.15) is 0 Å². The Kier molecular flexibility index (Phi) is 1.93.